The summed E-state index contributed by atoms with van der Waals surface area (Å²) in [5.41, 5.74) is 3.38. The van der Waals surface area contributed by atoms with Crippen LogP contribution >= 0.6 is 0 Å². The number of hydrogen-bond acceptors (Lipinski definition) is 4. The molecular weight excluding hydrogens is 320 g/mol. The summed E-state index contributed by atoms with van der Waals surface area (Å²) in [7, 11) is 0. The molecule has 0 bridgehead atoms. The van der Waals surface area contributed by atoms with E-state index in [1.54, 1.807) is 0 Å². The Hall–Kier alpha value is -3.27. The van der Waals surface area contributed by atoms with E-state index >= 15 is 0 Å². The Morgan fingerprint density at radius 2 is 1.50 bits per heavy atom. The molecule has 4 aromatic rings. The van der Waals surface area contributed by atoms with Gasteiger partial charge in [-0.1, -0.05) is 54.6 Å². The number of nitrogens with one attached hydrogen (secondary N) is 1. The Labute approximate surface area is 152 Å². The van der Waals surface area contributed by atoms with E-state index in [4.69, 9.17) is 0 Å². The standard InChI is InChI=1S/C22H20N4/c1-16(18-7-3-2-4-8-18)24-22-20-10-6-5-9-19(20)21(25-26-22)15-17-11-13-23-14-12-17/h2-14,16H,15H2,1H3,(H,24,26). The minimum atomic E-state index is 0.153. The molecule has 0 saturated heterocycles. The number of nitrogens with zero attached hydrogens (tertiary/aromatic N) is 3. The van der Waals surface area contributed by atoms with Crippen molar-refractivity contribution in [3.05, 3.63) is 95.9 Å². The highest BCUT2D eigenvalue weighted by Crippen LogP contribution is 2.27. The Kier molecular flexibility index (Phi) is 4.56. The van der Waals surface area contributed by atoms with Gasteiger partial charge in [0.05, 0.1) is 11.7 Å². The molecule has 0 radical (unpaired) electrons. The number of fused-ring (bicyclic) bond motifs is 1. The Bertz CT molecular complexity index is 1000. The van der Waals surface area contributed by atoms with Crippen LogP contribution in [0.25, 0.3) is 10.8 Å². The van der Waals surface area contributed by atoms with Gasteiger partial charge in [0.15, 0.2) is 5.82 Å². The lowest BCUT2D eigenvalue weighted by Crippen LogP contribution is -2.10. The fraction of sp³-hybridized carbons (Fsp3) is 0.136. The second kappa shape index (κ2) is 7.31. The van der Waals surface area contributed by atoms with Crippen LogP contribution in [0.5, 0.6) is 0 Å². The van der Waals surface area contributed by atoms with Gasteiger partial charge in [-0.05, 0) is 30.2 Å². The summed E-state index contributed by atoms with van der Waals surface area (Å²) in [6.45, 7) is 2.14. The quantitative estimate of drug-likeness (QED) is 0.567. The van der Waals surface area contributed by atoms with Crippen molar-refractivity contribution in [3.63, 3.8) is 0 Å². The van der Waals surface area contributed by atoms with E-state index in [9.17, 15) is 0 Å². The van der Waals surface area contributed by atoms with Crippen LogP contribution < -0.4 is 5.32 Å². The minimum Gasteiger partial charge on any atom is -0.362 e. The molecule has 1 N–H and O–H groups in total. The number of aromatic nitrogens is 3. The van der Waals surface area contributed by atoms with Crippen molar-refractivity contribution in [1.29, 1.82) is 0 Å². The van der Waals surface area contributed by atoms with E-state index in [2.05, 4.69) is 63.8 Å². The number of rotatable bonds is 5. The highest BCUT2D eigenvalue weighted by atomic mass is 15.2. The highest BCUT2D eigenvalue weighted by Gasteiger charge is 2.12. The lowest BCUT2D eigenvalue weighted by Gasteiger charge is -2.17. The Balaban J connectivity index is 1.68. The molecule has 4 nitrogen and oxygen atoms in total. The van der Waals surface area contributed by atoms with Gasteiger partial charge in [0.1, 0.15) is 0 Å². The summed E-state index contributed by atoms with van der Waals surface area (Å²) in [5.74, 6) is 0.815. The summed E-state index contributed by atoms with van der Waals surface area (Å²) in [6, 6.07) is 22.8. The molecule has 2 aromatic heterocycles. The van der Waals surface area contributed by atoms with Crippen LogP contribution in [-0.4, -0.2) is 15.2 Å². The average molecular weight is 340 g/mol. The molecular formula is C22H20N4. The first kappa shape index (κ1) is 16.2. The van der Waals surface area contributed by atoms with Crippen molar-refractivity contribution in [2.75, 3.05) is 5.32 Å². The first-order valence-electron chi connectivity index (χ1n) is 8.76. The van der Waals surface area contributed by atoms with Crippen molar-refractivity contribution in [1.82, 2.24) is 15.2 Å². The normalized spacial score (nSPS) is 12.0. The van der Waals surface area contributed by atoms with Crippen LogP contribution in [0.3, 0.4) is 0 Å². The number of pyridine rings is 1. The van der Waals surface area contributed by atoms with Gasteiger partial charge in [-0.25, -0.2) is 0 Å². The third-order valence-electron chi connectivity index (χ3n) is 4.54. The third kappa shape index (κ3) is 3.40. The molecule has 0 amide bonds. The number of anilines is 1. The summed E-state index contributed by atoms with van der Waals surface area (Å²) < 4.78 is 0. The molecule has 0 saturated carbocycles. The van der Waals surface area contributed by atoms with Crippen molar-refractivity contribution in [2.45, 2.75) is 19.4 Å². The second-order valence-electron chi connectivity index (χ2n) is 6.35. The van der Waals surface area contributed by atoms with E-state index in [1.807, 2.05) is 42.7 Å². The molecule has 2 heterocycles. The molecule has 0 spiro atoms. The minimum absolute atomic E-state index is 0.153. The van der Waals surface area contributed by atoms with E-state index in [-0.39, 0.29) is 6.04 Å². The predicted molar refractivity (Wildman–Crippen MR) is 105 cm³/mol. The van der Waals surface area contributed by atoms with Gasteiger partial charge >= 0.3 is 0 Å². The van der Waals surface area contributed by atoms with Gasteiger partial charge in [0.25, 0.3) is 0 Å². The first-order chi connectivity index (χ1) is 12.8. The van der Waals surface area contributed by atoms with Gasteiger partial charge in [-0.2, -0.15) is 5.10 Å². The molecule has 26 heavy (non-hydrogen) atoms. The topological polar surface area (TPSA) is 50.7 Å². The maximum atomic E-state index is 4.52. The summed E-state index contributed by atoms with van der Waals surface area (Å²) in [6.07, 6.45) is 4.36. The maximum absolute atomic E-state index is 4.52. The van der Waals surface area contributed by atoms with Crippen LogP contribution in [-0.2, 0) is 6.42 Å². The molecule has 0 aliphatic heterocycles. The molecule has 0 fully saturated rings. The van der Waals surface area contributed by atoms with Crippen molar-refractivity contribution in [2.24, 2.45) is 0 Å². The molecule has 0 aliphatic carbocycles. The van der Waals surface area contributed by atoms with E-state index < -0.39 is 0 Å². The van der Waals surface area contributed by atoms with Gasteiger partial charge in [-0.15, -0.1) is 5.10 Å². The fourth-order valence-electron chi connectivity index (χ4n) is 3.12. The average Bonchev–Trinajstić information content (AvgIpc) is 2.71. The summed E-state index contributed by atoms with van der Waals surface area (Å²) >= 11 is 0. The van der Waals surface area contributed by atoms with Crippen LogP contribution in [0.15, 0.2) is 79.1 Å². The van der Waals surface area contributed by atoms with E-state index in [0.29, 0.717) is 0 Å². The monoisotopic (exact) mass is 340 g/mol. The smallest absolute Gasteiger partial charge is 0.157 e. The Morgan fingerprint density at radius 1 is 0.808 bits per heavy atom. The highest BCUT2D eigenvalue weighted by molar-refractivity contribution is 5.93. The Morgan fingerprint density at radius 3 is 2.27 bits per heavy atom. The summed E-state index contributed by atoms with van der Waals surface area (Å²) in [5, 5.41) is 14.7. The van der Waals surface area contributed by atoms with Gasteiger partial charge in [0.2, 0.25) is 0 Å². The maximum Gasteiger partial charge on any atom is 0.157 e. The molecule has 2 aromatic carbocycles. The van der Waals surface area contributed by atoms with Crippen molar-refractivity contribution in [3.8, 4) is 0 Å². The SMILES string of the molecule is CC(Nc1nnc(Cc2ccncc2)c2ccccc12)c1ccccc1. The fourth-order valence-corrected chi connectivity index (χ4v) is 3.12. The van der Waals surface area contributed by atoms with Crippen molar-refractivity contribution < 1.29 is 0 Å². The van der Waals surface area contributed by atoms with Gasteiger partial charge in [-0.3, -0.25) is 4.98 Å². The molecule has 4 rings (SSSR count). The predicted octanol–water partition coefficient (Wildman–Crippen LogP) is 4.79. The zero-order valence-electron chi connectivity index (χ0n) is 14.6. The van der Waals surface area contributed by atoms with E-state index in [1.165, 1.54) is 11.1 Å². The van der Waals surface area contributed by atoms with Crippen molar-refractivity contribution >= 4 is 16.6 Å². The molecule has 128 valence electrons. The lowest BCUT2D eigenvalue weighted by molar-refractivity contribution is 0.857. The number of benzene rings is 2. The van der Waals surface area contributed by atoms with Crippen LogP contribution in [0.4, 0.5) is 5.82 Å². The first-order valence-corrected chi connectivity index (χ1v) is 8.76. The van der Waals surface area contributed by atoms with Crippen LogP contribution in [0, 0.1) is 0 Å². The molecule has 0 aliphatic rings. The van der Waals surface area contributed by atoms with Gasteiger partial charge in [0, 0.05) is 29.6 Å². The van der Waals surface area contributed by atoms with Crippen LogP contribution in [0.1, 0.15) is 29.8 Å². The van der Waals surface area contributed by atoms with Gasteiger partial charge < -0.3 is 5.32 Å². The zero-order valence-corrected chi connectivity index (χ0v) is 14.6. The summed E-state index contributed by atoms with van der Waals surface area (Å²) in [4.78, 5) is 4.08. The number of hydrogen-bond donors (Lipinski definition) is 1. The zero-order chi connectivity index (χ0) is 17.8. The molecule has 1 atom stereocenters. The third-order valence-corrected chi connectivity index (χ3v) is 4.54. The second-order valence-corrected chi connectivity index (χ2v) is 6.35. The largest absolute Gasteiger partial charge is 0.362 e. The van der Waals surface area contributed by atoms with Crippen LogP contribution in [0.2, 0.25) is 0 Å². The molecule has 1 unspecified atom stereocenters. The van der Waals surface area contributed by atoms with E-state index in [0.717, 1.165) is 28.7 Å². The molecule has 4 heteroatoms. The lowest BCUT2D eigenvalue weighted by atomic mass is 10.0.